The summed E-state index contributed by atoms with van der Waals surface area (Å²) in [5, 5.41) is 20.3. The van der Waals surface area contributed by atoms with Gasteiger partial charge in [0.2, 0.25) is 0 Å². The van der Waals surface area contributed by atoms with Crippen molar-refractivity contribution in [3.05, 3.63) is 11.6 Å². The molecule has 0 aliphatic heterocycles. The Bertz CT molecular complexity index is 412. The van der Waals surface area contributed by atoms with E-state index >= 15 is 0 Å². The molecule has 0 fully saturated rings. The average Bonchev–Trinajstić information content (AvgIpc) is 2.36. The van der Waals surface area contributed by atoms with E-state index in [1.807, 2.05) is 6.92 Å². The van der Waals surface area contributed by atoms with Crippen LogP contribution in [0.5, 0.6) is 0 Å². The van der Waals surface area contributed by atoms with Crippen LogP contribution in [0, 0.1) is 0 Å². The zero-order valence-electron chi connectivity index (χ0n) is 15.8. The van der Waals surface area contributed by atoms with Gasteiger partial charge >= 0.3 is 5.97 Å². The Kier molecular flexibility index (Phi) is 8.69. The van der Waals surface area contributed by atoms with Crippen molar-refractivity contribution in [1.82, 2.24) is 0 Å². The Hall–Kier alpha value is -0.693. The standard InChI is InChI=1S/C17H34O5Si/c1-9-21-16(20)12(2)10-14(18)15(19)11-13(3)22-23(7,8)17(4,5)6/h10,13-15,18-19H,9,11H2,1-8H3/t13-,14-,15-/m0/s1. The van der Waals surface area contributed by atoms with Crippen LogP contribution in [0.25, 0.3) is 0 Å². The van der Waals surface area contributed by atoms with Gasteiger partial charge in [0.05, 0.1) is 18.8 Å². The molecular formula is C17H34O5Si. The van der Waals surface area contributed by atoms with Crippen LogP contribution in [0.4, 0.5) is 0 Å². The highest BCUT2D eigenvalue weighted by molar-refractivity contribution is 6.74. The van der Waals surface area contributed by atoms with Crippen LogP contribution in [-0.4, -0.2) is 49.4 Å². The second kappa shape index (κ2) is 8.96. The normalized spacial score (nSPS) is 17.6. The van der Waals surface area contributed by atoms with Gasteiger partial charge in [-0.05, 0) is 45.0 Å². The third-order valence-electron chi connectivity index (χ3n) is 4.29. The molecule has 0 aliphatic carbocycles. The molecule has 0 rings (SSSR count). The molecule has 0 aromatic heterocycles. The summed E-state index contributed by atoms with van der Waals surface area (Å²) in [5.41, 5.74) is 0.288. The molecule has 0 saturated carbocycles. The highest BCUT2D eigenvalue weighted by Gasteiger charge is 2.38. The first-order valence-electron chi connectivity index (χ1n) is 8.21. The second-order valence-electron chi connectivity index (χ2n) is 7.55. The number of aliphatic hydroxyl groups excluding tert-OH is 2. The summed E-state index contributed by atoms with van der Waals surface area (Å²) in [7, 11) is -1.91. The third kappa shape index (κ3) is 7.61. The topological polar surface area (TPSA) is 76.0 Å². The van der Waals surface area contributed by atoms with Crippen LogP contribution in [0.2, 0.25) is 18.1 Å². The summed E-state index contributed by atoms with van der Waals surface area (Å²) in [4.78, 5) is 11.5. The quantitative estimate of drug-likeness (QED) is 0.401. The smallest absolute Gasteiger partial charge is 0.333 e. The predicted octanol–water partition coefficient (Wildman–Crippen LogP) is 3.02. The maximum Gasteiger partial charge on any atom is 0.333 e. The molecule has 23 heavy (non-hydrogen) atoms. The van der Waals surface area contributed by atoms with Crippen LogP contribution < -0.4 is 0 Å². The minimum Gasteiger partial charge on any atom is -0.463 e. The molecule has 2 N–H and O–H groups in total. The Balaban J connectivity index is 4.66. The molecule has 0 aliphatic rings. The van der Waals surface area contributed by atoms with Crippen LogP contribution in [0.3, 0.4) is 0 Å². The zero-order chi connectivity index (χ0) is 18.4. The van der Waals surface area contributed by atoms with E-state index in [0.717, 1.165) is 0 Å². The van der Waals surface area contributed by atoms with Crippen molar-refractivity contribution in [2.75, 3.05) is 6.61 Å². The van der Waals surface area contributed by atoms with E-state index in [4.69, 9.17) is 9.16 Å². The van der Waals surface area contributed by atoms with Gasteiger partial charge < -0.3 is 19.4 Å². The maximum absolute atomic E-state index is 11.5. The molecular weight excluding hydrogens is 312 g/mol. The van der Waals surface area contributed by atoms with Crippen LogP contribution in [-0.2, 0) is 14.0 Å². The Morgan fingerprint density at radius 2 is 1.78 bits per heavy atom. The minimum atomic E-state index is -1.91. The van der Waals surface area contributed by atoms with Gasteiger partial charge in [0.25, 0.3) is 0 Å². The Morgan fingerprint density at radius 1 is 1.26 bits per heavy atom. The van der Waals surface area contributed by atoms with Gasteiger partial charge in [-0.1, -0.05) is 20.8 Å². The van der Waals surface area contributed by atoms with Crippen molar-refractivity contribution in [2.24, 2.45) is 0 Å². The first-order chi connectivity index (χ1) is 10.3. The van der Waals surface area contributed by atoms with E-state index in [-0.39, 0.29) is 23.3 Å². The summed E-state index contributed by atoms with van der Waals surface area (Å²) < 4.78 is 11.0. The van der Waals surface area contributed by atoms with Gasteiger partial charge in [-0.15, -0.1) is 0 Å². The molecule has 0 radical (unpaired) electrons. The molecule has 0 unspecified atom stereocenters. The summed E-state index contributed by atoms with van der Waals surface area (Å²) in [6, 6.07) is 0. The fourth-order valence-corrected chi connectivity index (χ4v) is 3.34. The molecule has 0 spiro atoms. The third-order valence-corrected chi connectivity index (χ3v) is 8.89. The number of esters is 1. The molecule has 0 bridgehead atoms. The number of hydrogen-bond donors (Lipinski definition) is 2. The number of ether oxygens (including phenoxy) is 1. The molecule has 6 heteroatoms. The van der Waals surface area contributed by atoms with E-state index in [1.165, 1.54) is 6.08 Å². The second-order valence-corrected chi connectivity index (χ2v) is 12.3. The van der Waals surface area contributed by atoms with E-state index in [9.17, 15) is 15.0 Å². The van der Waals surface area contributed by atoms with E-state index < -0.39 is 26.5 Å². The first kappa shape index (κ1) is 22.3. The Labute approximate surface area is 141 Å². The maximum atomic E-state index is 11.5. The molecule has 0 saturated heterocycles. The number of carbonyl (C=O) groups is 1. The lowest BCUT2D eigenvalue weighted by molar-refractivity contribution is -0.138. The van der Waals surface area contributed by atoms with Crippen LogP contribution >= 0.6 is 0 Å². The van der Waals surface area contributed by atoms with E-state index in [2.05, 4.69) is 33.9 Å². The lowest BCUT2D eigenvalue weighted by Crippen LogP contribution is -2.44. The molecule has 0 amide bonds. The van der Waals surface area contributed by atoms with Crippen molar-refractivity contribution in [3.63, 3.8) is 0 Å². The fraction of sp³-hybridized carbons (Fsp3) is 0.824. The van der Waals surface area contributed by atoms with Gasteiger partial charge in [-0.3, -0.25) is 0 Å². The average molecular weight is 347 g/mol. The van der Waals surface area contributed by atoms with Gasteiger partial charge in [0.1, 0.15) is 0 Å². The predicted molar refractivity (Wildman–Crippen MR) is 94.8 cm³/mol. The number of carbonyl (C=O) groups excluding carboxylic acids is 1. The van der Waals surface area contributed by atoms with Crippen molar-refractivity contribution < 1.29 is 24.2 Å². The number of aliphatic hydroxyl groups is 2. The van der Waals surface area contributed by atoms with E-state index in [0.29, 0.717) is 6.42 Å². The summed E-state index contributed by atoms with van der Waals surface area (Å²) in [5.74, 6) is -0.482. The first-order valence-corrected chi connectivity index (χ1v) is 11.1. The summed E-state index contributed by atoms with van der Waals surface area (Å²) in [6.07, 6.45) is -0.636. The monoisotopic (exact) mass is 346 g/mol. The van der Waals surface area contributed by atoms with Crippen LogP contribution in [0.1, 0.15) is 48.0 Å². The van der Waals surface area contributed by atoms with Gasteiger partial charge in [0.15, 0.2) is 8.32 Å². The van der Waals surface area contributed by atoms with Gasteiger partial charge in [-0.2, -0.15) is 0 Å². The molecule has 3 atom stereocenters. The summed E-state index contributed by atoms with van der Waals surface area (Å²) in [6.45, 7) is 16.2. The number of hydrogen-bond acceptors (Lipinski definition) is 5. The number of rotatable bonds is 8. The van der Waals surface area contributed by atoms with E-state index in [1.54, 1.807) is 13.8 Å². The molecule has 0 heterocycles. The molecule has 0 aromatic carbocycles. The fourth-order valence-electron chi connectivity index (χ4n) is 1.89. The van der Waals surface area contributed by atoms with Crippen molar-refractivity contribution in [2.45, 2.75) is 84.4 Å². The van der Waals surface area contributed by atoms with Gasteiger partial charge in [-0.25, -0.2) is 4.79 Å². The largest absolute Gasteiger partial charge is 0.463 e. The van der Waals surface area contributed by atoms with Crippen molar-refractivity contribution in [1.29, 1.82) is 0 Å². The lowest BCUT2D eigenvalue weighted by atomic mass is 10.1. The summed E-state index contributed by atoms with van der Waals surface area (Å²) >= 11 is 0. The highest BCUT2D eigenvalue weighted by Crippen LogP contribution is 2.37. The zero-order valence-corrected chi connectivity index (χ0v) is 16.8. The van der Waals surface area contributed by atoms with Crippen molar-refractivity contribution >= 4 is 14.3 Å². The lowest BCUT2D eigenvalue weighted by Gasteiger charge is -2.39. The SMILES string of the molecule is CCOC(=O)C(C)=C[C@H](O)[C@@H](O)C[C@H](C)O[Si](C)(C)C(C)(C)C. The molecule has 5 nitrogen and oxygen atoms in total. The highest BCUT2D eigenvalue weighted by atomic mass is 28.4. The Morgan fingerprint density at radius 3 is 2.22 bits per heavy atom. The minimum absolute atomic E-state index is 0.0885. The van der Waals surface area contributed by atoms with Crippen molar-refractivity contribution in [3.8, 4) is 0 Å². The molecule has 136 valence electrons. The van der Waals surface area contributed by atoms with Crippen LogP contribution in [0.15, 0.2) is 11.6 Å². The van der Waals surface area contributed by atoms with Gasteiger partial charge in [0, 0.05) is 18.1 Å². The molecule has 0 aromatic rings.